The van der Waals surface area contributed by atoms with Crippen molar-refractivity contribution in [3.8, 4) is 11.8 Å². The first-order valence-corrected chi connectivity index (χ1v) is 10.5. The topological polar surface area (TPSA) is 44.7 Å². The number of nitrogens with one attached hydrogen (secondary N) is 1. The molecule has 1 fully saturated rings. The predicted octanol–water partition coefficient (Wildman–Crippen LogP) is 4.12. The highest BCUT2D eigenvalue weighted by molar-refractivity contribution is 5.95. The molecule has 31 heavy (non-hydrogen) atoms. The highest BCUT2D eigenvalue weighted by atomic mass is 19.1. The van der Waals surface area contributed by atoms with Crippen molar-refractivity contribution in [1.82, 2.24) is 5.32 Å². The molecule has 5 heteroatoms. The van der Waals surface area contributed by atoms with Gasteiger partial charge in [-0.2, -0.15) is 0 Å². The number of anilines is 1. The molecule has 156 valence electrons. The number of halogens is 1. The van der Waals surface area contributed by atoms with Crippen LogP contribution in [0.1, 0.15) is 34.3 Å². The van der Waals surface area contributed by atoms with E-state index >= 15 is 0 Å². The third kappa shape index (κ3) is 5.49. The molecular formula is C26H24FN3O. The maximum atomic E-state index is 13.2. The van der Waals surface area contributed by atoms with E-state index in [-0.39, 0.29) is 11.7 Å². The highest BCUT2D eigenvalue weighted by Gasteiger charge is 2.17. The third-order valence-electron chi connectivity index (χ3n) is 5.25. The maximum absolute atomic E-state index is 13.2. The van der Waals surface area contributed by atoms with E-state index in [0.29, 0.717) is 12.1 Å². The first kappa shape index (κ1) is 20.6. The molecule has 0 aliphatic carbocycles. The fraction of sp³-hybridized carbons (Fsp3) is 0.231. The zero-order valence-corrected chi connectivity index (χ0v) is 17.3. The Morgan fingerprint density at radius 3 is 2.68 bits per heavy atom. The molecule has 0 atom stereocenters. The Hall–Kier alpha value is -3.65. The van der Waals surface area contributed by atoms with E-state index in [9.17, 15) is 9.18 Å². The summed E-state index contributed by atoms with van der Waals surface area (Å²) in [7, 11) is 0. The van der Waals surface area contributed by atoms with Crippen LogP contribution >= 0.6 is 0 Å². The monoisotopic (exact) mass is 413 g/mol. The minimum atomic E-state index is -0.285. The summed E-state index contributed by atoms with van der Waals surface area (Å²) in [5, 5.41) is 2.92. The van der Waals surface area contributed by atoms with Crippen molar-refractivity contribution in [2.45, 2.75) is 12.8 Å². The zero-order valence-electron chi connectivity index (χ0n) is 17.3. The standard InChI is InChI=1S/C26H24FN3O/c27-24-10-6-20(7-11-24)5-8-22-18-23(9-12-25(22)30-16-1-2-17-30)26(31)29-14-3-4-21-13-15-28-19-21/h3-4,6-7,9-13,18-19H,1-2,14-17H2,(H,29,31)/b4-3+. The Balaban J connectivity index is 1.52. The molecule has 2 aliphatic rings. The Kier molecular flexibility index (Phi) is 6.59. The van der Waals surface area contributed by atoms with Crippen molar-refractivity contribution in [3.63, 3.8) is 0 Å². The first-order valence-electron chi connectivity index (χ1n) is 10.5. The van der Waals surface area contributed by atoms with Gasteiger partial charge >= 0.3 is 0 Å². The van der Waals surface area contributed by atoms with E-state index in [1.165, 1.54) is 12.1 Å². The first-order chi connectivity index (χ1) is 15.2. The summed E-state index contributed by atoms with van der Waals surface area (Å²) in [6, 6.07) is 11.8. The number of hydrogen-bond donors (Lipinski definition) is 1. The van der Waals surface area contributed by atoms with Crippen LogP contribution in [-0.2, 0) is 0 Å². The number of carbonyl (C=O) groups is 1. The van der Waals surface area contributed by atoms with Gasteiger partial charge in [-0.3, -0.25) is 9.79 Å². The van der Waals surface area contributed by atoms with Gasteiger partial charge in [-0.15, -0.1) is 0 Å². The summed E-state index contributed by atoms with van der Waals surface area (Å²) in [6.45, 7) is 3.13. The van der Waals surface area contributed by atoms with Gasteiger partial charge in [-0.1, -0.05) is 30.1 Å². The number of nitrogens with zero attached hydrogens (tertiary/aromatic N) is 2. The molecule has 0 bridgehead atoms. The van der Waals surface area contributed by atoms with Gasteiger partial charge in [0.1, 0.15) is 5.82 Å². The summed E-state index contributed by atoms with van der Waals surface area (Å²) >= 11 is 0. The molecule has 1 N–H and O–H groups in total. The lowest BCUT2D eigenvalue weighted by atomic mass is 10.1. The average molecular weight is 413 g/mol. The third-order valence-corrected chi connectivity index (χ3v) is 5.25. The Labute approximate surface area is 182 Å². The number of amides is 1. The van der Waals surface area contributed by atoms with Gasteiger partial charge < -0.3 is 10.2 Å². The summed E-state index contributed by atoms with van der Waals surface area (Å²) in [6.07, 6.45) is 10.0. The van der Waals surface area contributed by atoms with E-state index in [0.717, 1.165) is 54.9 Å². The quantitative estimate of drug-likeness (QED) is 0.750. The molecule has 0 saturated carbocycles. The normalized spacial score (nSPS) is 15.1. The average Bonchev–Trinajstić information content (AvgIpc) is 3.50. The molecule has 1 saturated heterocycles. The fourth-order valence-electron chi connectivity index (χ4n) is 3.61. The maximum Gasteiger partial charge on any atom is 0.251 e. The fourth-order valence-corrected chi connectivity index (χ4v) is 3.61. The Morgan fingerprint density at radius 1 is 1.13 bits per heavy atom. The molecule has 2 aromatic carbocycles. The largest absolute Gasteiger partial charge is 0.371 e. The molecule has 2 aliphatic heterocycles. The van der Waals surface area contributed by atoms with Gasteiger partial charge in [0.15, 0.2) is 0 Å². The summed E-state index contributed by atoms with van der Waals surface area (Å²) in [4.78, 5) is 19.1. The van der Waals surface area contributed by atoms with E-state index in [1.54, 1.807) is 12.1 Å². The van der Waals surface area contributed by atoms with Crippen molar-refractivity contribution in [2.24, 2.45) is 4.99 Å². The molecule has 0 spiro atoms. The van der Waals surface area contributed by atoms with Gasteiger partial charge in [0, 0.05) is 42.5 Å². The van der Waals surface area contributed by atoms with Crippen molar-refractivity contribution in [2.75, 3.05) is 31.1 Å². The second-order valence-corrected chi connectivity index (χ2v) is 7.49. The molecule has 2 heterocycles. The molecule has 2 aromatic rings. The molecule has 0 radical (unpaired) electrons. The van der Waals surface area contributed by atoms with Crippen molar-refractivity contribution < 1.29 is 9.18 Å². The van der Waals surface area contributed by atoms with Crippen molar-refractivity contribution in [3.05, 3.63) is 88.8 Å². The van der Waals surface area contributed by atoms with Gasteiger partial charge in [0.2, 0.25) is 0 Å². The molecule has 4 nitrogen and oxygen atoms in total. The smallest absolute Gasteiger partial charge is 0.251 e. The number of carbonyl (C=O) groups excluding carboxylic acids is 1. The zero-order chi connectivity index (χ0) is 21.5. The van der Waals surface area contributed by atoms with Gasteiger partial charge in [-0.05, 0) is 60.9 Å². The predicted molar refractivity (Wildman–Crippen MR) is 123 cm³/mol. The number of hydrogen-bond acceptors (Lipinski definition) is 3. The second kappa shape index (κ2) is 9.90. The van der Waals surface area contributed by atoms with Crippen LogP contribution in [0.4, 0.5) is 10.1 Å². The van der Waals surface area contributed by atoms with Crippen LogP contribution in [0.2, 0.25) is 0 Å². The number of rotatable bonds is 5. The second-order valence-electron chi connectivity index (χ2n) is 7.49. The van der Waals surface area contributed by atoms with Crippen molar-refractivity contribution >= 4 is 17.8 Å². The lowest BCUT2D eigenvalue weighted by molar-refractivity contribution is 0.0958. The summed E-state index contributed by atoms with van der Waals surface area (Å²) in [5.41, 5.74) is 4.21. The SMILES string of the molecule is O=C(NC/C=C/C1=CCN=C1)c1ccc(N2CCCC2)c(C#Cc2ccc(F)cc2)c1. The van der Waals surface area contributed by atoms with Crippen LogP contribution < -0.4 is 10.2 Å². The summed E-state index contributed by atoms with van der Waals surface area (Å²) in [5.74, 6) is 5.87. The Bertz CT molecular complexity index is 1100. The van der Waals surface area contributed by atoms with Gasteiger partial charge in [-0.25, -0.2) is 4.39 Å². The van der Waals surface area contributed by atoms with E-state index in [2.05, 4.69) is 27.0 Å². The van der Waals surface area contributed by atoms with Gasteiger partial charge in [0.05, 0.1) is 12.2 Å². The molecular weight excluding hydrogens is 389 g/mol. The van der Waals surface area contributed by atoms with Crippen LogP contribution in [-0.4, -0.2) is 38.3 Å². The number of benzene rings is 2. The number of allylic oxidation sites excluding steroid dienone is 2. The van der Waals surface area contributed by atoms with Crippen LogP contribution in [0.25, 0.3) is 0 Å². The van der Waals surface area contributed by atoms with Gasteiger partial charge in [0.25, 0.3) is 5.91 Å². The van der Waals surface area contributed by atoms with E-state index in [4.69, 9.17) is 0 Å². The minimum Gasteiger partial charge on any atom is -0.371 e. The van der Waals surface area contributed by atoms with E-state index < -0.39 is 0 Å². The summed E-state index contributed by atoms with van der Waals surface area (Å²) < 4.78 is 13.2. The van der Waals surface area contributed by atoms with Crippen LogP contribution in [0.3, 0.4) is 0 Å². The molecule has 0 unspecified atom stereocenters. The molecule has 1 amide bonds. The number of aliphatic imine (C=N–C) groups is 1. The highest BCUT2D eigenvalue weighted by Crippen LogP contribution is 2.25. The minimum absolute atomic E-state index is 0.142. The van der Waals surface area contributed by atoms with Crippen LogP contribution in [0.15, 0.2) is 71.3 Å². The molecule has 0 aromatic heterocycles. The Morgan fingerprint density at radius 2 is 1.94 bits per heavy atom. The van der Waals surface area contributed by atoms with Crippen molar-refractivity contribution in [1.29, 1.82) is 0 Å². The van der Waals surface area contributed by atoms with E-state index in [1.807, 2.05) is 42.6 Å². The lowest BCUT2D eigenvalue weighted by Crippen LogP contribution is -2.24. The lowest BCUT2D eigenvalue weighted by Gasteiger charge is -2.20. The van der Waals surface area contributed by atoms with Crippen LogP contribution in [0.5, 0.6) is 0 Å². The van der Waals surface area contributed by atoms with Crippen LogP contribution in [0, 0.1) is 17.7 Å². The molecule has 4 rings (SSSR count).